The maximum Gasteiger partial charge on any atom is 0.224 e. The van der Waals surface area contributed by atoms with Gasteiger partial charge in [-0.25, -0.2) is 4.98 Å². The SMILES string of the molecule is CCNc1ncc(Cl)c(NCCC(C)(C)C)n1. The van der Waals surface area contributed by atoms with E-state index in [0.717, 1.165) is 19.5 Å². The highest BCUT2D eigenvalue weighted by Crippen LogP contribution is 2.22. The molecule has 1 aromatic heterocycles. The van der Waals surface area contributed by atoms with Gasteiger partial charge in [-0.3, -0.25) is 0 Å². The molecule has 0 spiro atoms. The van der Waals surface area contributed by atoms with Gasteiger partial charge in [0, 0.05) is 13.1 Å². The molecule has 2 N–H and O–H groups in total. The molecular weight excluding hydrogens is 236 g/mol. The first-order valence-corrected chi connectivity index (χ1v) is 6.30. The van der Waals surface area contributed by atoms with Crippen LogP contribution in [0, 0.1) is 5.41 Å². The maximum atomic E-state index is 6.03. The van der Waals surface area contributed by atoms with Gasteiger partial charge in [0.15, 0.2) is 0 Å². The van der Waals surface area contributed by atoms with Gasteiger partial charge in [0.1, 0.15) is 10.8 Å². The topological polar surface area (TPSA) is 49.8 Å². The number of nitrogens with one attached hydrogen (secondary N) is 2. The van der Waals surface area contributed by atoms with Crippen molar-refractivity contribution in [1.82, 2.24) is 9.97 Å². The summed E-state index contributed by atoms with van der Waals surface area (Å²) in [6.45, 7) is 10.3. The number of hydrogen-bond donors (Lipinski definition) is 2. The molecular formula is C12H21ClN4. The first kappa shape index (κ1) is 14.0. The van der Waals surface area contributed by atoms with E-state index in [0.29, 0.717) is 22.2 Å². The molecule has 0 aliphatic carbocycles. The van der Waals surface area contributed by atoms with Crippen LogP contribution < -0.4 is 10.6 Å². The number of rotatable bonds is 5. The molecule has 1 rings (SSSR count). The quantitative estimate of drug-likeness (QED) is 0.848. The van der Waals surface area contributed by atoms with Crippen molar-refractivity contribution in [1.29, 1.82) is 0 Å². The van der Waals surface area contributed by atoms with Gasteiger partial charge in [-0.2, -0.15) is 4.98 Å². The Morgan fingerprint density at radius 1 is 1.29 bits per heavy atom. The normalized spacial score (nSPS) is 11.4. The first-order valence-electron chi connectivity index (χ1n) is 5.92. The number of hydrogen-bond acceptors (Lipinski definition) is 4. The molecule has 1 heterocycles. The van der Waals surface area contributed by atoms with E-state index in [9.17, 15) is 0 Å². The second-order valence-corrected chi connectivity index (χ2v) is 5.57. The van der Waals surface area contributed by atoms with E-state index >= 15 is 0 Å². The Balaban J connectivity index is 2.60. The minimum Gasteiger partial charge on any atom is -0.369 e. The minimum absolute atomic E-state index is 0.303. The molecule has 0 saturated carbocycles. The zero-order valence-corrected chi connectivity index (χ0v) is 11.7. The van der Waals surface area contributed by atoms with Crippen LogP contribution in [0.4, 0.5) is 11.8 Å². The lowest BCUT2D eigenvalue weighted by molar-refractivity contribution is 0.389. The van der Waals surface area contributed by atoms with Crippen molar-refractivity contribution in [3.63, 3.8) is 0 Å². The largest absolute Gasteiger partial charge is 0.369 e. The van der Waals surface area contributed by atoms with Crippen LogP contribution in [0.3, 0.4) is 0 Å². The van der Waals surface area contributed by atoms with Crippen LogP contribution >= 0.6 is 11.6 Å². The molecule has 0 aromatic carbocycles. The van der Waals surface area contributed by atoms with Gasteiger partial charge >= 0.3 is 0 Å². The Morgan fingerprint density at radius 3 is 2.59 bits per heavy atom. The van der Waals surface area contributed by atoms with Crippen molar-refractivity contribution in [3.8, 4) is 0 Å². The fourth-order valence-corrected chi connectivity index (χ4v) is 1.45. The number of aromatic nitrogens is 2. The Morgan fingerprint density at radius 2 is 2.00 bits per heavy atom. The Kier molecular flexibility index (Phi) is 5.00. The van der Waals surface area contributed by atoms with Crippen LogP contribution in [0.2, 0.25) is 5.02 Å². The second-order valence-electron chi connectivity index (χ2n) is 5.16. The van der Waals surface area contributed by atoms with E-state index < -0.39 is 0 Å². The standard InChI is InChI=1S/C12H21ClN4/c1-5-14-11-16-8-9(13)10(17-11)15-7-6-12(2,3)4/h8H,5-7H2,1-4H3,(H2,14,15,16,17). The van der Waals surface area contributed by atoms with Crippen LogP contribution in [-0.2, 0) is 0 Å². The highest BCUT2D eigenvalue weighted by Gasteiger charge is 2.10. The molecule has 0 bridgehead atoms. The van der Waals surface area contributed by atoms with Gasteiger partial charge in [-0.05, 0) is 18.8 Å². The Hall–Kier alpha value is -1.03. The highest BCUT2D eigenvalue weighted by molar-refractivity contribution is 6.32. The zero-order chi connectivity index (χ0) is 12.9. The fourth-order valence-electron chi connectivity index (χ4n) is 1.29. The lowest BCUT2D eigenvalue weighted by Gasteiger charge is -2.18. The average Bonchev–Trinajstić information content (AvgIpc) is 2.21. The molecule has 17 heavy (non-hydrogen) atoms. The molecule has 1 aromatic rings. The Labute approximate surface area is 108 Å². The summed E-state index contributed by atoms with van der Waals surface area (Å²) >= 11 is 6.03. The maximum absolute atomic E-state index is 6.03. The van der Waals surface area contributed by atoms with Crippen LogP contribution in [0.15, 0.2) is 6.20 Å². The number of halogens is 1. The summed E-state index contributed by atoms with van der Waals surface area (Å²) < 4.78 is 0. The molecule has 0 radical (unpaired) electrons. The summed E-state index contributed by atoms with van der Waals surface area (Å²) in [7, 11) is 0. The summed E-state index contributed by atoms with van der Waals surface area (Å²) in [5.74, 6) is 1.30. The molecule has 0 unspecified atom stereocenters. The third-order valence-electron chi connectivity index (χ3n) is 2.25. The van der Waals surface area contributed by atoms with Crippen LogP contribution in [0.1, 0.15) is 34.1 Å². The number of nitrogens with zero attached hydrogens (tertiary/aromatic N) is 2. The molecule has 0 amide bonds. The molecule has 5 heteroatoms. The van der Waals surface area contributed by atoms with E-state index in [1.807, 2.05) is 6.92 Å². The summed E-state index contributed by atoms with van der Waals surface area (Å²) in [4.78, 5) is 8.41. The number of anilines is 2. The molecule has 0 fully saturated rings. The molecule has 96 valence electrons. The third-order valence-corrected chi connectivity index (χ3v) is 2.52. The highest BCUT2D eigenvalue weighted by atomic mass is 35.5. The zero-order valence-electron chi connectivity index (χ0n) is 11.0. The van der Waals surface area contributed by atoms with Crippen LogP contribution in [-0.4, -0.2) is 23.1 Å². The lowest BCUT2D eigenvalue weighted by atomic mass is 9.92. The van der Waals surface area contributed by atoms with Gasteiger partial charge in [-0.1, -0.05) is 32.4 Å². The van der Waals surface area contributed by atoms with E-state index in [-0.39, 0.29) is 0 Å². The molecule has 0 aliphatic rings. The monoisotopic (exact) mass is 256 g/mol. The van der Waals surface area contributed by atoms with Gasteiger partial charge < -0.3 is 10.6 Å². The van der Waals surface area contributed by atoms with Crippen LogP contribution in [0.25, 0.3) is 0 Å². The van der Waals surface area contributed by atoms with Crippen LogP contribution in [0.5, 0.6) is 0 Å². The first-order chi connectivity index (χ1) is 7.92. The van der Waals surface area contributed by atoms with Crippen molar-refractivity contribution < 1.29 is 0 Å². The van der Waals surface area contributed by atoms with Gasteiger partial charge in [0.05, 0.1) is 6.20 Å². The lowest BCUT2D eigenvalue weighted by Crippen LogP contribution is -2.14. The summed E-state index contributed by atoms with van der Waals surface area (Å²) in [6.07, 6.45) is 2.68. The van der Waals surface area contributed by atoms with Crippen molar-refractivity contribution in [2.75, 3.05) is 23.7 Å². The van der Waals surface area contributed by atoms with Crippen molar-refractivity contribution in [2.45, 2.75) is 34.1 Å². The second kappa shape index (κ2) is 6.05. The van der Waals surface area contributed by atoms with E-state index in [4.69, 9.17) is 11.6 Å². The van der Waals surface area contributed by atoms with E-state index in [1.165, 1.54) is 0 Å². The van der Waals surface area contributed by atoms with Gasteiger partial charge in [0.2, 0.25) is 5.95 Å². The predicted molar refractivity (Wildman–Crippen MR) is 73.8 cm³/mol. The molecule has 0 aliphatic heterocycles. The third kappa shape index (κ3) is 5.22. The van der Waals surface area contributed by atoms with Crippen molar-refractivity contribution >= 4 is 23.4 Å². The van der Waals surface area contributed by atoms with Crippen molar-refractivity contribution in [3.05, 3.63) is 11.2 Å². The van der Waals surface area contributed by atoms with Crippen molar-refractivity contribution in [2.24, 2.45) is 5.41 Å². The Bertz CT molecular complexity index is 360. The smallest absolute Gasteiger partial charge is 0.224 e. The van der Waals surface area contributed by atoms with E-state index in [1.54, 1.807) is 6.20 Å². The van der Waals surface area contributed by atoms with Gasteiger partial charge in [0.25, 0.3) is 0 Å². The molecule has 4 nitrogen and oxygen atoms in total. The molecule has 0 atom stereocenters. The summed E-state index contributed by atoms with van der Waals surface area (Å²) in [5.41, 5.74) is 0.303. The van der Waals surface area contributed by atoms with E-state index in [2.05, 4.69) is 41.4 Å². The summed E-state index contributed by atoms with van der Waals surface area (Å²) in [5, 5.41) is 6.86. The molecule has 0 saturated heterocycles. The average molecular weight is 257 g/mol. The fraction of sp³-hybridized carbons (Fsp3) is 0.667. The minimum atomic E-state index is 0.303. The predicted octanol–water partition coefficient (Wildman–Crippen LogP) is 3.41. The van der Waals surface area contributed by atoms with Gasteiger partial charge in [-0.15, -0.1) is 0 Å². The summed E-state index contributed by atoms with van der Waals surface area (Å²) in [6, 6.07) is 0.